The molecule has 2 aliphatic heterocycles. The summed E-state index contributed by atoms with van der Waals surface area (Å²) in [5, 5.41) is 13.3. The highest BCUT2D eigenvalue weighted by Gasteiger charge is 2.46. The van der Waals surface area contributed by atoms with Gasteiger partial charge in [-0.3, -0.25) is 4.79 Å². The van der Waals surface area contributed by atoms with Crippen molar-refractivity contribution >= 4 is 12.0 Å². The molecule has 0 unspecified atom stereocenters. The Morgan fingerprint density at radius 1 is 1.62 bits per heavy atom. The highest BCUT2D eigenvalue weighted by atomic mass is 16.5. The number of ether oxygens (including phenoxy) is 1. The second-order valence-corrected chi connectivity index (χ2v) is 3.24. The van der Waals surface area contributed by atoms with E-state index in [4.69, 9.17) is 9.84 Å². The number of carbonyl (C=O) groups is 2. The van der Waals surface area contributed by atoms with Crippen molar-refractivity contribution in [3.8, 4) is 0 Å². The fraction of sp³-hybridized carbons (Fsp3) is 0.714. The molecule has 0 radical (unpaired) electrons. The molecule has 3 atom stereocenters. The summed E-state index contributed by atoms with van der Waals surface area (Å²) in [5.74, 6) is -0.302. The van der Waals surface area contributed by atoms with Crippen molar-refractivity contribution in [3.05, 3.63) is 0 Å². The monoisotopic (exact) mass is 186 g/mol. The van der Waals surface area contributed by atoms with Gasteiger partial charge in [0, 0.05) is 5.92 Å². The number of hydrogen-bond donors (Lipinski definition) is 3. The lowest BCUT2D eigenvalue weighted by atomic mass is 10.00. The number of carboxylic acid groups (broad SMARTS) is 1. The largest absolute Gasteiger partial charge is 0.465 e. The summed E-state index contributed by atoms with van der Waals surface area (Å²) in [6.07, 6.45) is -1.17. The molecule has 2 amide bonds. The first-order valence-corrected chi connectivity index (χ1v) is 4.06. The Labute approximate surface area is 74.2 Å². The van der Waals surface area contributed by atoms with Gasteiger partial charge >= 0.3 is 6.09 Å². The van der Waals surface area contributed by atoms with Crippen LogP contribution in [-0.2, 0) is 9.53 Å². The quantitative estimate of drug-likeness (QED) is 0.478. The zero-order valence-electron chi connectivity index (χ0n) is 6.82. The molecule has 2 fully saturated rings. The average molecular weight is 186 g/mol. The lowest BCUT2D eigenvalue weighted by Crippen LogP contribution is -2.43. The summed E-state index contributed by atoms with van der Waals surface area (Å²) in [4.78, 5) is 21.6. The van der Waals surface area contributed by atoms with E-state index in [0.29, 0.717) is 13.2 Å². The molecule has 0 aromatic heterocycles. The zero-order chi connectivity index (χ0) is 9.42. The van der Waals surface area contributed by atoms with Gasteiger partial charge in [0.2, 0.25) is 5.91 Å². The van der Waals surface area contributed by atoms with E-state index >= 15 is 0 Å². The van der Waals surface area contributed by atoms with Gasteiger partial charge < -0.3 is 20.5 Å². The predicted octanol–water partition coefficient (Wildman–Crippen LogP) is -1.23. The SMILES string of the molecule is O=C(O)N[C@@H]1C(=O)N[C@@H]2COC[C@H]12. The Kier molecular flexibility index (Phi) is 1.84. The van der Waals surface area contributed by atoms with E-state index in [1.54, 1.807) is 0 Å². The third-order valence-corrected chi connectivity index (χ3v) is 2.44. The van der Waals surface area contributed by atoms with Gasteiger partial charge in [-0.15, -0.1) is 0 Å². The minimum Gasteiger partial charge on any atom is -0.465 e. The fourth-order valence-electron chi connectivity index (χ4n) is 1.82. The highest BCUT2D eigenvalue weighted by molar-refractivity contribution is 5.88. The molecule has 3 N–H and O–H groups in total. The Hall–Kier alpha value is -1.30. The van der Waals surface area contributed by atoms with Crippen LogP contribution in [0, 0.1) is 5.92 Å². The maximum atomic E-state index is 11.2. The first-order valence-electron chi connectivity index (χ1n) is 4.06. The van der Waals surface area contributed by atoms with E-state index in [1.807, 2.05) is 0 Å². The van der Waals surface area contributed by atoms with Gasteiger partial charge in [0.25, 0.3) is 0 Å². The van der Waals surface area contributed by atoms with Gasteiger partial charge in [-0.05, 0) is 0 Å². The van der Waals surface area contributed by atoms with Crippen LogP contribution >= 0.6 is 0 Å². The molecular weight excluding hydrogens is 176 g/mol. The molecule has 6 heteroatoms. The molecule has 2 heterocycles. The summed E-state index contributed by atoms with van der Waals surface area (Å²) < 4.78 is 5.12. The minimum atomic E-state index is -1.17. The van der Waals surface area contributed by atoms with Crippen LogP contribution in [0.5, 0.6) is 0 Å². The molecule has 0 aliphatic carbocycles. The number of hydrogen-bond acceptors (Lipinski definition) is 3. The van der Waals surface area contributed by atoms with E-state index in [9.17, 15) is 9.59 Å². The molecule has 0 spiro atoms. The standard InChI is InChI=1S/C7H10N2O4/c10-6-5(9-7(11)12)3-1-13-2-4(3)8-6/h3-5,9H,1-2H2,(H,8,10)(H,11,12)/t3-,4+,5-/m0/s1. The summed E-state index contributed by atoms with van der Waals surface area (Å²) in [5.41, 5.74) is 0. The molecule has 6 nitrogen and oxygen atoms in total. The van der Waals surface area contributed by atoms with Crippen LogP contribution in [0.25, 0.3) is 0 Å². The van der Waals surface area contributed by atoms with Gasteiger partial charge in [-0.1, -0.05) is 0 Å². The van der Waals surface area contributed by atoms with E-state index in [2.05, 4.69) is 10.6 Å². The molecular formula is C7H10N2O4. The molecule has 0 aromatic rings. The lowest BCUT2D eigenvalue weighted by Gasteiger charge is -2.12. The third-order valence-electron chi connectivity index (χ3n) is 2.44. The molecule has 13 heavy (non-hydrogen) atoms. The predicted molar refractivity (Wildman–Crippen MR) is 41.2 cm³/mol. The normalized spacial score (nSPS) is 36.9. The van der Waals surface area contributed by atoms with E-state index in [1.165, 1.54) is 0 Å². The van der Waals surface area contributed by atoms with Crippen molar-refractivity contribution in [1.29, 1.82) is 0 Å². The lowest BCUT2D eigenvalue weighted by molar-refractivity contribution is -0.121. The van der Waals surface area contributed by atoms with Crippen LogP contribution in [0.15, 0.2) is 0 Å². The molecule has 0 bridgehead atoms. The number of carbonyl (C=O) groups excluding carboxylic acids is 1. The van der Waals surface area contributed by atoms with Crippen LogP contribution in [-0.4, -0.2) is 42.4 Å². The number of amides is 2. The molecule has 72 valence electrons. The maximum Gasteiger partial charge on any atom is 0.405 e. The third kappa shape index (κ3) is 1.33. The van der Waals surface area contributed by atoms with Crippen molar-refractivity contribution in [3.63, 3.8) is 0 Å². The van der Waals surface area contributed by atoms with E-state index < -0.39 is 12.1 Å². The Bertz CT molecular complexity index is 255. The van der Waals surface area contributed by atoms with Crippen molar-refractivity contribution in [2.24, 2.45) is 5.92 Å². The number of rotatable bonds is 1. The first kappa shape index (κ1) is 8.31. The van der Waals surface area contributed by atoms with Crippen LogP contribution in [0.4, 0.5) is 4.79 Å². The first-order chi connectivity index (χ1) is 6.18. The fourth-order valence-corrected chi connectivity index (χ4v) is 1.82. The van der Waals surface area contributed by atoms with Crippen molar-refractivity contribution in [2.45, 2.75) is 12.1 Å². The summed E-state index contributed by atoms with van der Waals surface area (Å²) >= 11 is 0. The Morgan fingerprint density at radius 2 is 2.38 bits per heavy atom. The minimum absolute atomic E-state index is 0.0238. The van der Waals surface area contributed by atoms with Gasteiger partial charge in [-0.25, -0.2) is 4.79 Å². The van der Waals surface area contributed by atoms with Gasteiger partial charge in [0.15, 0.2) is 0 Å². The Balaban J connectivity index is 2.08. The summed E-state index contributed by atoms with van der Waals surface area (Å²) in [6.45, 7) is 0.919. The van der Waals surface area contributed by atoms with Crippen LogP contribution in [0.3, 0.4) is 0 Å². The summed E-state index contributed by atoms with van der Waals surface area (Å²) in [7, 11) is 0. The van der Waals surface area contributed by atoms with Crippen molar-refractivity contribution in [1.82, 2.24) is 10.6 Å². The Morgan fingerprint density at radius 3 is 3.08 bits per heavy atom. The maximum absolute atomic E-state index is 11.2. The molecule has 0 saturated carbocycles. The number of nitrogens with one attached hydrogen (secondary N) is 2. The van der Waals surface area contributed by atoms with Crippen LogP contribution in [0.1, 0.15) is 0 Å². The van der Waals surface area contributed by atoms with Crippen molar-refractivity contribution in [2.75, 3.05) is 13.2 Å². The van der Waals surface area contributed by atoms with Gasteiger partial charge in [-0.2, -0.15) is 0 Å². The highest BCUT2D eigenvalue weighted by Crippen LogP contribution is 2.23. The topological polar surface area (TPSA) is 87.7 Å². The second-order valence-electron chi connectivity index (χ2n) is 3.24. The molecule has 2 saturated heterocycles. The van der Waals surface area contributed by atoms with Crippen molar-refractivity contribution < 1.29 is 19.4 Å². The average Bonchev–Trinajstić information content (AvgIpc) is 2.55. The van der Waals surface area contributed by atoms with E-state index in [-0.39, 0.29) is 17.9 Å². The molecule has 2 aliphatic rings. The molecule has 2 rings (SSSR count). The van der Waals surface area contributed by atoms with Gasteiger partial charge in [0.1, 0.15) is 6.04 Å². The van der Waals surface area contributed by atoms with Crippen LogP contribution < -0.4 is 10.6 Å². The molecule has 0 aromatic carbocycles. The smallest absolute Gasteiger partial charge is 0.405 e. The summed E-state index contributed by atoms with van der Waals surface area (Å²) in [6, 6.07) is -0.672. The number of fused-ring (bicyclic) bond motifs is 1. The van der Waals surface area contributed by atoms with Crippen LogP contribution in [0.2, 0.25) is 0 Å². The second kappa shape index (κ2) is 2.88. The van der Waals surface area contributed by atoms with Gasteiger partial charge in [0.05, 0.1) is 19.3 Å². The zero-order valence-corrected chi connectivity index (χ0v) is 6.82. The van der Waals surface area contributed by atoms with E-state index in [0.717, 1.165) is 0 Å².